The van der Waals surface area contributed by atoms with Crippen LogP contribution in [0.2, 0.25) is 0 Å². The van der Waals surface area contributed by atoms with E-state index in [2.05, 4.69) is 4.98 Å². The topological polar surface area (TPSA) is 94.3 Å². The summed E-state index contributed by atoms with van der Waals surface area (Å²) >= 11 is 1.28. The van der Waals surface area contributed by atoms with Crippen molar-refractivity contribution in [3.8, 4) is 6.07 Å². The zero-order valence-electron chi connectivity index (χ0n) is 14.9. The molecule has 0 fully saturated rings. The second-order valence-corrected chi connectivity index (χ2v) is 9.42. The Kier molecular flexibility index (Phi) is 3.84. The molecule has 0 saturated heterocycles. The van der Waals surface area contributed by atoms with E-state index in [0.29, 0.717) is 16.1 Å². The fourth-order valence-electron chi connectivity index (χ4n) is 3.56. The zero-order valence-corrected chi connectivity index (χ0v) is 16.5. The van der Waals surface area contributed by atoms with Gasteiger partial charge in [0.15, 0.2) is 0 Å². The number of rotatable bonds is 3. The van der Waals surface area contributed by atoms with Crippen LogP contribution in [0.4, 0.5) is 5.69 Å². The number of aliphatic hydroxyl groups is 1. The molecule has 142 valence electrons. The van der Waals surface area contributed by atoms with E-state index in [4.69, 9.17) is 0 Å². The quantitative estimate of drug-likeness (QED) is 0.391. The first kappa shape index (κ1) is 17.7. The number of aromatic nitrogens is 1. The van der Waals surface area contributed by atoms with Gasteiger partial charge < -0.3 is 5.11 Å². The van der Waals surface area contributed by atoms with E-state index in [0.717, 1.165) is 19.9 Å². The Morgan fingerprint density at radius 1 is 1.10 bits per heavy atom. The summed E-state index contributed by atoms with van der Waals surface area (Å²) in [4.78, 5) is 4.61. The molecule has 0 atom stereocenters. The molecular weight excluding hydrogens is 406 g/mol. The van der Waals surface area contributed by atoms with Crippen LogP contribution in [0.1, 0.15) is 5.01 Å². The van der Waals surface area contributed by atoms with Crippen LogP contribution in [-0.4, -0.2) is 25.1 Å². The molecule has 1 aliphatic rings. The van der Waals surface area contributed by atoms with Crippen LogP contribution >= 0.6 is 11.3 Å². The molecule has 1 aliphatic heterocycles. The van der Waals surface area contributed by atoms with Crippen LogP contribution in [0.5, 0.6) is 0 Å². The van der Waals surface area contributed by atoms with Crippen molar-refractivity contribution >= 4 is 53.6 Å². The van der Waals surface area contributed by atoms with Crippen LogP contribution in [0.15, 0.2) is 71.3 Å². The Balaban J connectivity index is 1.62. The van der Waals surface area contributed by atoms with Crippen LogP contribution in [-0.2, 0) is 10.0 Å². The summed E-state index contributed by atoms with van der Waals surface area (Å²) in [7, 11) is -3.83. The minimum atomic E-state index is -3.83. The number of para-hydroxylation sites is 1. The van der Waals surface area contributed by atoms with Crippen molar-refractivity contribution in [3.63, 3.8) is 0 Å². The lowest BCUT2D eigenvalue weighted by Crippen LogP contribution is -2.29. The van der Waals surface area contributed by atoms with Crippen LogP contribution in [0, 0.1) is 11.3 Å². The number of nitrogens with zero attached hydrogens (tertiary/aromatic N) is 3. The van der Waals surface area contributed by atoms with E-state index in [-0.39, 0.29) is 22.8 Å². The van der Waals surface area contributed by atoms with Gasteiger partial charge in [-0.05, 0) is 29.7 Å². The normalized spacial score (nSPS) is 15.5. The van der Waals surface area contributed by atoms with Gasteiger partial charge in [-0.25, -0.2) is 13.4 Å². The number of allylic oxidation sites excluding steroid dienone is 1. The summed E-state index contributed by atoms with van der Waals surface area (Å²) in [6.07, 6.45) is 0. The minimum absolute atomic E-state index is 0.0236. The van der Waals surface area contributed by atoms with Crippen molar-refractivity contribution in [2.45, 2.75) is 4.90 Å². The van der Waals surface area contributed by atoms with Gasteiger partial charge in [0.25, 0.3) is 10.0 Å². The van der Waals surface area contributed by atoms with Crippen molar-refractivity contribution < 1.29 is 13.5 Å². The monoisotopic (exact) mass is 419 g/mol. The van der Waals surface area contributed by atoms with Gasteiger partial charge in [-0.2, -0.15) is 5.26 Å². The van der Waals surface area contributed by atoms with E-state index < -0.39 is 10.0 Å². The number of benzene rings is 3. The summed E-state index contributed by atoms with van der Waals surface area (Å²) in [6, 6.07) is 19.8. The number of fused-ring (bicyclic) bond motifs is 1. The van der Waals surface area contributed by atoms with Gasteiger partial charge in [0, 0.05) is 5.39 Å². The predicted molar refractivity (Wildman–Crippen MR) is 113 cm³/mol. The lowest BCUT2D eigenvalue weighted by Gasteiger charge is -2.18. The number of thiazole rings is 1. The lowest BCUT2D eigenvalue weighted by atomic mass is 10.1. The van der Waals surface area contributed by atoms with Gasteiger partial charge in [-0.3, -0.25) is 4.31 Å². The van der Waals surface area contributed by atoms with Crippen molar-refractivity contribution in [1.29, 1.82) is 5.26 Å². The smallest absolute Gasteiger partial charge is 0.265 e. The number of anilines is 1. The summed E-state index contributed by atoms with van der Waals surface area (Å²) < 4.78 is 28.2. The molecule has 6 nitrogen and oxygen atoms in total. The molecule has 0 spiro atoms. The number of nitriles is 1. The van der Waals surface area contributed by atoms with E-state index in [1.807, 2.05) is 42.5 Å². The molecule has 2 heterocycles. The third kappa shape index (κ3) is 2.59. The minimum Gasteiger partial charge on any atom is -0.509 e. The van der Waals surface area contributed by atoms with E-state index in [1.54, 1.807) is 24.3 Å². The molecule has 1 N–H and O–H groups in total. The highest BCUT2D eigenvalue weighted by Crippen LogP contribution is 2.42. The molecule has 4 aromatic rings. The molecule has 29 heavy (non-hydrogen) atoms. The molecular formula is C21H13N3O3S2. The summed E-state index contributed by atoms with van der Waals surface area (Å²) in [5, 5.41) is 22.2. The van der Waals surface area contributed by atoms with Crippen molar-refractivity contribution in [3.05, 3.63) is 71.4 Å². The highest BCUT2D eigenvalue weighted by atomic mass is 32.2. The maximum Gasteiger partial charge on any atom is 0.265 e. The first-order valence-corrected chi connectivity index (χ1v) is 11.0. The van der Waals surface area contributed by atoms with Gasteiger partial charge >= 0.3 is 0 Å². The average Bonchev–Trinajstić information content (AvgIpc) is 3.23. The first-order chi connectivity index (χ1) is 14.0. The zero-order chi connectivity index (χ0) is 20.2. The molecule has 0 amide bonds. The van der Waals surface area contributed by atoms with Gasteiger partial charge in [0.2, 0.25) is 0 Å². The summed E-state index contributed by atoms with van der Waals surface area (Å²) in [5.41, 5.74) is 1.19. The number of hydrogen-bond acceptors (Lipinski definition) is 6. The Morgan fingerprint density at radius 2 is 1.86 bits per heavy atom. The third-order valence-electron chi connectivity index (χ3n) is 4.88. The Morgan fingerprint density at radius 3 is 2.62 bits per heavy atom. The van der Waals surface area contributed by atoms with Crippen LogP contribution < -0.4 is 4.31 Å². The van der Waals surface area contributed by atoms with Gasteiger partial charge in [0.05, 0.1) is 27.3 Å². The Bertz CT molecular complexity index is 1440. The highest BCUT2D eigenvalue weighted by molar-refractivity contribution is 7.93. The molecule has 0 aliphatic carbocycles. The second kappa shape index (κ2) is 6.30. The van der Waals surface area contributed by atoms with Crippen LogP contribution in [0.25, 0.3) is 26.6 Å². The maximum atomic E-state index is 13.1. The average molecular weight is 419 g/mol. The molecule has 0 bridgehead atoms. The molecule has 0 saturated carbocycles. The standard InChI is InChI=1S/C21H13N3O3S2/c22-11-14(21-23-15-7-1-2-9-18(15)28-21)17(25)12-24-16-8-3-5-13-6-4-10-19(20(13)16)29(24,26)27/h1-10,25H,12H2/b17-14-. The number of hydrogen-bond donors (Lipinski definition) is 1. The maximum absolute atomic E-state index is 13.1. The molecule has 3 aromatic carbocycles. The Hall–Kier alpha value is -3.41. The summed E-state index contributed by atoms with van der Waals surface area (Å²) in [5.74, 6) is -0.333. The lowest BCUT2D eigenvalue weighted by molar-refractivity contribution is 0.407. The number of sulfonamides is 1. The molecule has 0 radical (unpaired) electrons. The van der Waals surface area contributed by atoms with Gasteiger partial charge in [-0.15, -0.1) is 11.3 Å². The molecule has 1 aromatic heterocycles. The van der Waals surface area contributed by atoms with Crippen molar-refractivity contribution in [1.82, 2.24) is 4.98 Å². The van der Waals surface area contributed by atoms with E-state index >= 15 is 0 Å². The van der Waals surface area contributed by atoms with E-state index in [9.17, 15) is 18.8 Å². The van der Waals surface area contributed by atoms with E-state index in [1.165, 1.54) is 11.3 Å². The van der Waals surface area contributed by atoms with Crippen LogP contribution in [0.3, 0.4) is 0 Å². The molecule has 8 heteroatoms. The molecule has 0 unspecified atom stereocenters. The highest BCUT2D eigenvalue weighted by Gasteiger charge is 2.36. The fraction of sp³-hybridized carbons (Fsp3) is 0.0476. The first-order valence-electron chi connectivity index (χ1n) is 8.73. The predicted octanol–water partition coefficient (Wildman–Crippen LogP) is 4.45. The van der Waals surface area contributed by atoms with Crippen molar-refractivity contribution in [2.75, 3.05) is 10.8 Å². The van der Waals surface area contributed by atoms with Gasteiger partial charge in [0.1, 0.15) is 22.4 Å². The largest absolute Gasteiger partial charge is 0.509 e. The second-order valence-electron chi connectivity index (χ2n) is 6.56. The number of aliphatic hydroxyl groups excluding tert-OH is 1. The third-order valence-corrected chi connectivity index (χ3v) is 7.74. The summed E-state index contributed by atoms with van der Waals surface area (Å²) in [6.45, 7) is -0.338. The van der Waals surface area contributed by atoms with Crippen molar-refractivity contribution in [2.24, 2.45) is 0 Å². The molecule has 5 rings (SSSR count). The Labute approximate surface area is 170 Å². The fourth-order valence-corrected chi connectivity index (χ4v) is 6.21. The SMILES string of the molecule is N#C/C(=C(/O)CN1c2cccc3cccc(c23)S1(=O)=O)c1nc2ccccc2s1. The van der Waals surface area contributed by atoms with Gasteiger partial charge in [-0.1, -0.05) is 36.4 Å².